The quantitative estimate of drug-likeness (QED) is 0.353. The van der Waals surface area contributed by atoms with E-state index in [-0.39, 0.29) is 0 Å². The lowest BCUT2D eigenvalue weighted by atomic mass is 10.2. The third-order valence-corrected chi connectivity index (χ3v) is 4.96. The Bertz CT molecular complexity index is 583. The van der Waals surface area contributed by atoms with Crippen molar-refractivity contribution in [2.24, 2.45) is 10.9 Å². The van der Waals surface area contributed by atoms with Crippen LogP contribution >= 0.6 is 0 Å². The second-order valence-electron chi connectivity index (χ2n) is 7.52. The molecule has 1 aromatic heterocycles. The molecule has 27 heavy (non-hydrogen) atoms. The Kier molecular flexibility index (Phi) is 8.21. The van der Waals surface area contributed by atoms with E-state index in [0.29, 0.717) is 12.6 Å². The van der Waals surface area contributed by atoms with Crippen LogP contribution in [0.4, 0.5) is 0 Å². The van der Waals surface area contributed by atoms with Crippen LogP contribution in [-0.2, 0) is 11.3 Å². The number of hydrogen-bond acceptors (Lipinski definition) is 4. The van der Waals surface area contributed by atoms with Gasteiger partial charge in [-0.3, -0.25) is 0 Å². The lowest BCUT2D eigenvalue weighted by Crippen LogP contribution is -2.38. The Hall–Kier alpha value is -1.82. The van der Waals surface area contributed by atoms with E-state index in [4.69, 9.17) is 9.47 Å². The van der Waals surface area contributed by atoms with Crippen molar-refractivity contribution in [3.05, 3.63) is 23.9 Å². The first-order valence-electron chi connectivity index (χ1n) is 10.5. The number of ether oxygens (including phenoxy) is 2. The topological polar surface area (TPSA) is 67.8 Å². The van der Waals surface area contributed by atoms with Crippen molar-refractivity contribution in [3.8, 4) is 5.88 Å². The molecule has 1 heterocycles. The second kappa shape index (κ2) is 11.1. The molecule has 0 atom stereocenters. The van der Waals surface area contributed by atoms with Gasteiger partial charge in [0.05, 0.1) is 6.54 Å². The minimum atomic E-state index is 0.331. The van der Waals surface area contributed by atoms with Crippen molar-refractivity contribution in [1.82, 2.24) is 15.6 Å². The molecule has 150 valence electrons. The van der Waals surface area contributed by atoms with Crippen molar-refractivity contribution in [2.45, 2.75) is 64.5 Å². The van der Waals surface area contributed by atoms with E-state index in [0.717, 1.165) is 68.9 Å². The first-order valence-corrected chi connectivity index (χ1v) is 10.5. The molecule has 2 N–H and O–H groups in total. The summed E-state index contributed by atoms with van der Waals surface area (Å²) in [5, 5.41) is 6.68. The van der Waals surface area contributed by atoms with Gasteiger partial charge in [0.25, 0.3) is 0 Å². The van der Waals surface area contributed by atoms with E-state index in [2.05, 4.69) is 27.5 Å². The molecule has 6 heteroatoms. The van der Waals surface area contributed by atoms with Crippen molar-refractivity contribution in [1.29, 1.82) is 0 Å². The summed E-state index contributed by atoms with van der Waals surface area (Å²) in [5.41, 5.74) is 1.11. The van der Waals surface area contributed by atoms with Crippen molar-refractivity contribution < 1.29 is 9.47 Å². The number of guanidine groups is 1. The monoisotopic (exact) mass is 374 g/mol. The summed E-state index contributed by atoms with van der Waals surface area (Å²) >= 11 is 0. The normalized spacial score (nSPS) is 17.9. The van der Waals surface area contributed by atoms with E-state index in [9.17, 15) is 0 Å². The van der Waals surface area contributed by atoms with Gasteiger partial charge < -0.3 is 20.1 Å². The molecule has 0 amide bonds. The molecule has 3 rings (SSSR count). The van der Waals surface area contributed by atoms with Gasteiger partial charge in [0.15, 0.2) is 5.96 Å². The van der Waals surface area contributed by atoms with E-state index in [1.54, 1.807) is 0 Å². The van der Waals surface area contributed by atoms with Crippen LogP contribution in [0.1, 0.15) is 57.4 Å². The highest BCUT2D eigenvalue weighted by atomic mass is 16.5. The SMILES string of the molecule is CCNC(=NCc1ccnc(OC2CCCC2)c1)NCCCOCC1CC1. The lowest BCUT2D eigenvalue weighted by Gasteiger charge is -2.13. The van der Waals surface area contributed by atoms with Gasteiger partial charge >= 0.3 is 0 Å². The predicted octanol–water partition coefficient (Wildman–Crippen LogP) is 3.27. The van der Waals surface area contributed by atoms with Gasteiger partial charge in [-0.1, -0.05) is 0 Å². The molecule has 6 nitrogen and oxygen atoms in total. The summed E-state index contributed by atoms with van der Waals surface area (Å²) in [6.45, 7) is 6.14. The molecule has 0 saturated heterocycles. The predicted molar refractivity (Wildman–Crippen MR) is 108 cm³/mol. The zero-order valence-electron chi connectivity index (χ0n) is 16.6. The lowest BCUT2D eigenvalue weighted by molar-refractivity contribution is 0.123. The van der Waals surface area contributed by atoms with Crippen LogP contribution in [0.3, 0.4) is 0 Å². The molecule has 0 aromatic carbocycles. The molecule has 0 aliphatic heterocycles. The van der Waals surface area contributed by atoms with E-state index in [1.165, 1.54) is 25.7 Å². The van der Waals surface area contributed by atoms with Crippen LogP contribution in [0.25, 0.3) is 0 Å². The molecule has 0 spiro atoms. The minimum absolute atomic E-state index is 0.331. The Labute approximate surface area is 163 Å². The zero-order chi connectivity index (χ0) is 18.7. The fourth-order valence-electron chi connectivity index (χ4n) is 3.22. The van der Waals surface area contributed by atoms with E-state index >= 15 is 0 Å². The maximum absolute atomic E-state index is 5.99. The van der Waals surface area contributed by atoms with Gasteiger partial charge in [-0.15, -0.1) is 0 Å². The Morgan fingerprint density at radius 3 is 2.85 bits per heavy atom. The summed E-state index contributed by atoms with van der Waals surface area (Å²) in [6.07, 6.45) is 10.6. The Morgan fingerprint density at radius 2 is 2.07 bits per heavy atom. The molecular formula is C21H34N4O2. The number of pyridine rings is 1. The average Bonchev–Trinajstić information content (AvgIpc) is 3.37. The first kappa shape index (κ1) is 19.9. The molecule has 0 radical (unpaired) electrons. The molecule has 2 saturated carbocycles. The largest absolute Gasteiger partial charge is 0.474 e. The van der Waals surface area contributed by atoms with Gasteiger partial charge in [0, 0.05) is 38.6 Å². The number of nitrogens with one attached hydrogen (secondary N) is 2. The highest BCUT2D eigenvalue weighted by Gasteiger charge is 2.20. The van der Waals surface area contributed by atoms with Gasteiger partial charge in [0.2, 0.25) is 5.88 Å². The van der Waals surface area contributed by atoms with Crippen LogP contribution in [0, 0.1) is 5.92 Å². The van der Waals surface area contributed by atoms with E-state index in [1.807, 2.05) is 18.3 Å². The van der Waals surface area contributed by atoms with Crippen molar-refractivity contribution in [2.75, 3.05) is 26.3 Å². The Morgan fingerprint density at radius 1 is 1.22 bits per heavy atom. The highest BCUT2D eigenvalue weighted by Crippen LogP contribution is 2.28. The molecule has 2 aliphatic rings. The third kappa shape index (κ3) is 7.75. The van der Waals surface area contributed by atoms with Crippen LogP contribution in [0.2, 0.25) is 0 Å². The first-order chi connectivity index (χ1) is 13.3. The number of aliphatic imine (C=N–C) groups is 1. The standard InChI is InChI=1S/C21H34N4O2/c1-2-22-21(24-11-5-13-26-16-17-8-9-17)25-15-18-10-12-23-20(14-18)27-19-6-3-4-7-19/h10,12,14,17,19H,2-9,11,13,15-16H2,1H3,(H2,22,24,25). The average molecular weight is 375 g/mol. The van der Waals surface area contributed by atoms with Crippen molar-refractivity contribution in [3.63, 3.8) is 0 Å². The summed E-state index contributed by atoms with van der Waals surface area (Å²) < 4.78 is 11.7. The fourth-order valence-corrected chi connectivity index (χ4v) is 3.22. The maximum Gasteiger partial charge on any atom is 0.213 e. The summed E-state index contributed by atoms with van der Waals surface area (Å²) in [4.78, 5) is 9.03. The van der Waals surface area contributed by atoms with Crippen LogP contribution in [-0.4, -0.2) is 43.4 Å². The van der Waals surface area contributed by atoms with Crippen molar-refractivity contribution >= 4 is 5.96 Å². The van der Waals surface area contributed by atoms with Gasteiger partial charge in [-0.2, -0.15) is 0 Å². The molecule has 2 aliphatic carbocycles. The smallest absolute Gasteiger partial charge is 0.213 e. The summed E-state index contributed by atoms with van der Waals surface area (Å²) in [5.74, 6) is 2.40. The van der Waals surface area contributed by atoms with E-state index < -0.39 is 0 Å². The van der Waals surface area contributed by atoms with Crippen LogP contribution < -0.4 is 15.4 Å². The van der Waals surface area contributed by atoms with Crippen LogP contribution in [0.15, 0.2) is 23.3 Å². The number of nitrogens with zero attached hydrogens (tertiary/aromatic N) is 2. The minimum Gasteiger partial charge on any atom is -0.474 e. The second-order valence-corrected chi connectivity index (χ2v) is 7.52. The van der Waals surface area contributed by atoms with Gasteiger partial charge in [-0.25, -0.2) is 9.98 Å². The molecule has 2 fully saturated rings. The zero-order valence-corrected chi connectivity index (χ0v) is 16.6. The highest BCUT2D eigenvalue weighted by molar-refractivity contribution is 5.79. The fraction of sp³-hybridized carbons (Fsp3) is 0.714. The van der Waals surface area contributed by atoms with Crippen LogP contribution in [0.5, 0.6) is 5.88 Å². The summed E-state index contributed by atoms with van der Waals surface area (Å²) in [6, 6.07) is 4.01. The van der Waals surface area contributed by atoms with Gasteiger partial charge in [-0.05, 0) is 69.4 Å². The summed E-state index contributed by atoms with van der Waals surface area (Å²) in [7, 11) is 0. The number of hydrogen-bond donors (Lipinski definition) is 2. The Balaban J connectivity index is 1.40. The van der Waals surface area contributed by atoms with Gasteiger partial charge in [0.1, 0.15) is 6.10 Å². The molecule has 0 bridgehead atoms. The third-order valence-electron chi connectivity index (χ3n) is 4.96. The number of rotatable bonds is 11. The maximum atomic E-state index is 5.99. The molecule has 1 aromatic rings. The molecular weight excluding hydrogens is 340 g/mol. The molecule has 0 unspecified atom stereocenters. The number of aromatic nitrogens is 1.